The largest absolute Gasteiger partial charge is 0.497 e. The van der Waals surface area contributed by atoms with Crippen molar-refractivity contribution >= 4 is 23.6 Å². The van der Waals surface area contributed by atoms with E-state index in [1.165, 1.54) is 0 Å². The molecule has 1 aromatic heterocycles. The quantitative estimate of drug-likeness (QED) is 0.601. The highest BCUT2D eigenvalue weighted by atomic mass is 16.5. The van der Waals surface area contributed by atoms with E-state index in [4.69, 9.17) is 9.47 Å². The summed E-state index contributed by atoms with van der Waals surface area (Å²) in [5.41, 5.74) is 1.33. The first kappa shape index (κ1) is 25.9. The van der Waals surface area contributed by atoms with Gasteiger partial charge in [-0.1, -0.05) is 19.4 Å². The zero-order valence-corrected chi connectivity index (χ0v) is 21.0. The van der Waals surface area contributed by atoms with E-state index < -0.39 is 5.97 Å². The van der Waals surface area contributed by atoms with Gasteiger partial charge >= 0.3 is 12.0 Å². The highest BCUT2D eigenvalue weighted by Gasteiger charge is 2.34. The van der Waals surface area contributed by atoms with Crippen molar-refractivity contribution in [2.45, 2.75) is 46.6 Å². The van der Waals surface area contributed by atoms with Crippen molar-refractivity contribution in [1.29, 1.82) is 0 Å². The van der Waals surface area contributed by atoms with Gasteiger partial charge < -0.3 is 24.6 Å². The number of urea groups is 1. The maximum absolute atomic E-state index is 13.5. The zero-order valence-electron chi connectivity index (χ0n) is 21.0. The summed E-state index contributed by atoms with van der Waals surface area (Å²) >= 11 is 0. The second-order valence-corrected chi connectivity index (χ2v) is 8.37. The molecule has 1 atom stereocenters. The van der Waals surface area contributed by atoms with E-state index >= 15 is 0 Å². The lowest BCUT2D eigenvalue weighted by molar-refractivity contribution is 0.0502. The van der Waals surface area contributed by atoms with Gasteiger partial charge in [-0.2, -0.15) is 0 Å². The molecule has 0 saturated carbocycles. The molecule has 0 radical (unpaired) electrons. The lowest BCUT2D eigenvalue weighted by Gasteiger charge is -2.39. The molecular formula is C25H33N5O5. The third kappa shape index (κ3) is 6.06. The Morgan fingerprint density at radius 3 is 2.60 bits per heavy atom. The van der Waals surface area contributed by atoms with Gasteiger partial charge in [0.15, 0.2) is 0 Å². The molecule has 2 aromatic rings. The van der Waals surface area contributed by atoms with Crippen LogP contribution in [0.1, 0.15) is 59.6 Å². The number of hydrogen-bond donors (Lipinski definition) is 1. The van der Waals surface area contributed by atoms with E-state index in [0.29, 0.717) is 49.0 Å². The average molecular weight is 484 g/mol. The third-order valence-corrected chi connectivity index (χ3v) is 5.76. The Hall–Kier alpha value is -3.69. The molecule has 0 spiro atoms. The third-order valence-electron chi connectivity index (χ3n) is 5.76. The van der Waals surface area contributed by atoms with Crippen LogP contribution in [-0.2, 0) is 11.2 Å². The van der Waals surface area contributed by atoms with Gasteiger partial charge in [-0.15, -0.1) is 0 Å². The SMILES string of the molecule is CCCc1nc(C)nc(C(=O)N2CCN(C(=O)Nc3cccc(OC)c3)C(C)C2)c1C(=O)OCC. The second-order valence-electron chi connectivity index (χ2n) is 8.37. The first-order chi connectivity index (χ1) is 16.8. The van der Waals surface area contributed by atoms with Crippen molar-refractivity contribution in [2.75, 3.05) is 38.7 Å². The Morgan fingerprint density at radius 2 is 1.94 bits per heavy atom. The van der Waals surface area contributed by atoms with E-state index in [0.717, 1.165) is 6.42 Å². The van der Waals surface area contributed by atoms with Crippen LogP contribution in [-0.4, -0.2) is 77.1 Å². The van der Waals surface area contributed by atoms with E-state index in [1.807, 2.05) is 13.8 Å². The number of amides is 3. The molecule has 35 heavy (non-hydrogen) atoms. The summed E-state index contributed by atoms with van der Waals surface area (Å²) in [6.07, 6.45) is 1.29. The number of methoxy groups -OCH3 is 1. The van der Waals surface area contributed by atoms with Crippen LogP contribution in [0, 0.1) is 6.92 Å². The normalized spacial score (nSPS) is 15.5. The number of aromatic nitrogens is 2. The summed E-state index contributed by atoms with van der Waals surface area (Å²) in [5.74, 6) is 0.111. The lowest BCUT2D eigenvalue weighted by atomic mass is 10.1. The number of nitrogens with zero attached hydrogens (tertiary/aromatic N) is 4. The van der Waals surface area contributed by atoms with Gasteiger partial charge in [0.05, 0.1) is 19.4 Å². The summed E-state index contributed by atoms with van der Waals surface area (Å²) in [7, 11) is 1.57. The molecule has 0 bridgehead atoms. The summed E-state index contributed by atoms with van der Waals surface area (Å²) in [6.45, 7) is 8.41. The van der Waals surface area contributed by atoms with Gasteiger partial charge in [0.2, 0.25) is 0 Å². The number of carbonyl (C=O) groups is 3. The molecule has 1 aliphatic heterocycles. The number of nitrogens with one attached hydrogen (secondary N) is 1. The van der Waals surface area contributed by atoms with E-state index in [9.17, 15) is 14.4 Å². The Labute approximate surface area is 205 Å². The maximum Gasteiger partial charge on any atom is 0.342 e. The molecule has 3 rings (SSSR count). The van der Waals surface area contributed by atoms with Gasteiger partial charge in [0.1, 0.15) is 22.8 Å². The zero-order chi connectivity index (χ0) is 25.5. The Balaban J connectivity index is 1.77. The first-order valence-electron chi connectivity index (χ1n) is 11.8. The van der Waals surface area contributed by atoms with Crippen LogP contribution in [0.4, 0.5) is 10.5 Å². The number of piperazine rings is 1. The fraction of sp³-hybridized carbons (Fsp3) is 0.480. The van der Waals surface area contributed by atoms with Crippen molar-refractivity contribution in [3.05, 3.63) is 47.0 Å². The molecule has 0 aliphatic carbocycles. The minimum Gasteiger partial charge on any atom is -0.497 e. The Kier molecular flexibility index (Phi) is 8.62. The first-order valence-corrected chi connectivity index (χ1v) is 11.8. The topological polar surface area (TPSA) is 114 Å². The standard InChI is InChI=1S/C25H33N5O5/c1-6-9-20-21(24(32)35-7-2)22(27-17(4)26-20)23(31)29-12-13-30(16(3)15-29)25(33)28-18-10-8-11-19(14-18)34-5/h8,10-11,14,16H,6-7,9,12-13,15H2,1-5H3,(H,28,33). The molecule has 1 aliphatic rings. The molecule has 1 aromatic carbocycles. The van der Waals surface area contributed by atoms with Gasteiger partial charge in [0.25, 0.3) is 5.91 Å². The monoisotopic (exact) mass is 483 g/mol. The fourth-order valence-electron chi connectivity index (χ4n) is 4.11. The number of carbonyl (C=O) groups excluding carboxylic acids is 3. The van der Waals surface area contributed by atoms with Gasteiger partial charge in [0, 0.05) is 37.4 Å². The van der Waals surface area contributed by atoms with Crippen molar-refractivity contribution in [3.8, 4) is 5.75 Å². The second kappa shape index (κ2) is 11.6. The van der Waals surface area contributed by atoms with Crippen LogP contribution < -0.4 is 10.1 Å². The van der Waals surface area contributed by atoms with Crippen LogP contribution in [0.3, 0.4) is 0 Å². The number of anilines is 1. The van der Waals surface area contributed by atoms with Crippen molar-refractivity contribution < 1.29 is 23.9 Å². The summed E-state index contributed by atoms with van der Waals surface area (Å²) < 4.78 is 10.4. The maximum atomic E-state index is 13.5. The minimum atomic E-state index is -0.594. The van der Waals surface area contributed by atoms with Gasteiger partial charge in [-0.05, 0) is 39.3 Å². The molecule has 1 unspecified atom stereocenters. The Morgan fingerprint density at radius 1 is 1.17 bits per heavy atom. The number of ether oxygens (including phenoxy) is 2. The number of aryl methyl sites for hydroxylation is 2. The smallest absolute Gasteiger partial charge is 0.342 e. The molecule has 2 heterocycles. The molecule has 188 valence electrons. The molecule has 10 nitrogen and oxygen atoms in total. The van der Waals surface area contributed by atoms with Gasteiger partial charge in [-0.3, -0.25) is 4.79 Å². The summed E-state index contributed by atoms with van der Waals surface area (Å²) in [4.78, 5) is 51.2. The predicted molar refractivity (Wildman–Crippen MR) is 131 cm³/mol. The number of hydrogen-bond acceptors (Lipinski definition) is 7. The fourth-order valence-corrected chi connectivity index (χ4v) is 4.11. The summed E-state index contributed by atoms with van der Waals surface area (Å²) in [5, 5.41) is 2.88. The highest BCUT2D eigenvalue weighted by Crippen LogP contribution is 2.21. The molecule has 1 saturated heterocycles. The molecule has 10 heteroatoms. The van der Waals surface area contributed by atoms with Crippen LogP contribution in [0.5, 0.6) is 5.75 Å². The number of benzene rings is 1. The lowest BCUT2D eigenvalue weighted by Crippen LogP contribution is -2.56. The van der Waals surface area contributed by atoms with Crippen molar-refractivity contribution in [2.24, 2.45) is 0 Å². The molecular weight excluding hydrogens is 450 g/mol. The van der Waals surface area contributed by atoms with E-state index in [1.54, 1.807) is 55.0 Å². The van der Waals surface area contributed by atoms with Crippen molar-refractivity contribution in [1.82, 2.24) is 19.8 Å². The molecule has 1 N–H and O–H groups in total. The van der Waals surface area contributed by atoms with Gasteiger partial charge in [-0.25, -0.2) is 19.6 Å². The Bertz CT molecular complexity index is 1090. The summed E-state index contributed by atoms with van der Waals surface area (Å²) in [6, 6.07) is 6.62. The predicted octanol–water partition coefficient (Wildman–Crippen LogP) is 3.30. The van der Waals surface area contributed by atoms with E-state index in [-0.39, 0.29) is 35.8 Å². The van der Waals surface area contributed by atoms with E-state index in [2.05, 4.69) is 15.3 Å². The van der Waals surface area contributed by atoms with Crippen LogP contribution in [0.25, 0.3) is 0 Å². The highest BCUT2D eigenvalue weighted by molar-refractivity contribution is 6.04. The van der Waals surface area contributed by atoms with Crippen LogP contribution in [0.2, 0.25) is 0 Å². The number of esters is 1. The van der Waals surface area contributed by atoms with Crippen LogP contribution in [0.15, 0.2) is 24.3 Å². The average Bonchev–Trinajstić information content (AvgIpc) is 2.83. The number of rotatable bonds is 7. The minimum absolute atomic E-state index is 0.0564. The molecule has 3 amide bonds. The van der Waals surface area contributed by atoms with Crippen LogP contribution >= 0.6 is 0 Å². The molecule has 1 fully saturated rings. The van der Waals surface area contributed by atoms with Crippen molar-refractivity contribution in [3.63, 3.8) is 0 Å².